The van der Waals surface area contributed by atoms with Crippen LogP contribution in [0, 0.1) is 13.8 Å². The van der Waals surface area contributed by atoms with Crippen LogP contribution in [-0.4, -0.2) is 27.4 Å². The zero-order valence-electron chi connectivity index (χ0n) is 13.7. The molecule has 0 aliphatic heterocycles. The molecular weight excluding hydrogens is 346 g/mol. The van der Waals surface area contributed by atoms with Crippen LogP contribution in [0.15, 0.2) is 33.5 Å². The second kappa shape index (κ2) is 6.70. The second-order valence-corrected chi connectivity index (χ2v) is 6.01. The number of aromatic nitrogens is 2. The molecule has 0 saturated heterocycles. The topological polar surface area (TPSA) is 97.4 Å². The third kappa shape index (κ3) is 3.29. The molecular formula is C17H16ClN3O4. The Morgan fingerprint density at radius 1 is 1.36 bits per heavy atom. The van der Waals surface area contributed by atoms with E-state index in [1.165, 1.54) is 6.07 Å². The standard InChI is InChI=1S/C17H16ClN3O4/c1-9-15(10(2)21(20-9)5-6-22)19-16(23)13-8-11-7-12(18)3-4-14(11)25-17(13)24/h3-4,7-8,22H,5-6H2,1-2H3,(H,19,23). The summed E-state index contributed by atoms with van der Waals surface area (Å²) in [7, 11) is 0. The van der Waals surface area contributed by atoms with Crippen LogP contribution in [0.1, 0.15) is 21.7 Å². The monoisotopic (exact) mass is 361 g/mol. The van der Waals surface area contributed by atoms with Gasteiger partial charge in [-0.2, -0.15) is 5.10 Å². The molecule has 8 heteroatoms. The molecule has 0 fully saturated rings. The fourth-order valence-corrected chi connectivity index (χ4v) is 2.80. The lowest BCUT2D eigenvalue weighted by Gasteiger charge is -2.06. The van der Waals surface area contributed by atoms with E-state index in [-0.39, 0.29) is 12.2 Å². The Kier molecular flexibility index (Phi) is 4.61. The van der Waals surface area contributed by atoms with Crippen LogP contribution in [0.3, 0.4) is 0 Å². The normalized spacial score (nSPS) is 11.0. The van der Waals surface area contributed by atoms with Crippen molar-refractivity contribution in [2.24, 2.45) is 0 Å². The lowest BCUT2D eigenvalue weighted by molar-refractivity contribution is 0.102. The molecule has 2 aromatic heterocycles. The number of halogens is 1. The summed E-state index contributed by atoms with van der Waals surface area (Å²) in [6.45, 7) is 3.76. The minimum absolute atomic E-state index is 0.0651. The van der Waals surface area contributed by atoms with Gasteiger partial charge in [0.15, 0.2) is 0 Å². The maximum atomic E-state index is 12.5. The molecule has 25 heavy (non-hydrogen) atoms. The predicted molar refractivity (Wildman–Crippen MR) is 94.2 cm³/mol. The Labute approximate surface area is 147 Å². The number of aliphatic hydroxyl groups excluding tert-OH is 1. The first-order chi connectivity index (χ1) is 11.9. The highest BCUT2D eigenvalue weighted by Crippen LogP contribution is 2.22. The molecule has 0 atom stereocenters. The van der Waals surface area contributed by atoms with Crippen molar-refractivity contribution in [1.29, 1.82) is 0 Å². The van der Waals surface area contributed by atoms with Gasteiger partial charge < -0.3 is 14.8 Å². The van der Waals surface area contributed by atoms with Crippen LogP contribution in [-0.2, 0) is 6.54 Å². The summed E-state index contributed by atoms with van der Waals surface area (Å²) in [5.41, 5.74) is 1.28. The molecule has 0 radical (unpaired) electrons. The van der Waals surface area contributed by atoms with Crippen molar-refractivity contribution < 1.29 is 14.3 Å². The number of fused-ring (bicyclic) bond motifs is 1. The van der Waals surface area contributed by atoms with E-state index in [1.54, 1.807) is 36.7 Å². The van der Waals surface area contributed by atoms with Crippen molar-refractivity contribution in [3.05, 3.63) is 56.7 Å². The minimum atomic E-state index is -0.731. The third-order valence-electron chi connectivity index (χ3n) is 3.87. The maximum Gasteiger partial charge on any atom is 0.349 e. The molecule has 0 bridgehead atoms. The van der Waals surface area contributed by atoms with E-state index < -0.39 is 11.5 Å². The Bertz CT molecular complexity index is 1020. The molecule has 0 aliphatic rings. The van der Waals surface area contributed by atoms with Gasteiger partial charge in [0.1, 0.15) is 11.1 Å². The second-order valence-electron chi connectivity index (χ2n) is 5.58. The summed E-state index contributed by atoms with van der Waals surface area (Å²) in [6.07, 6.45) is 0. The van der Waals surface area contributed by atoms with E-state index in [1.807, 2.05) is 0 Å². The first-order valence-corrected chi connectivity index (χ1v) is 7.98. The van der Waals surface area contributed by atoms with Crippen LogP contribution in [0.25, 0.3) is 11.0 Å². The van der Waals surface area contributed by atoms with Crippen molar-refractivity contribution in [3.63, 3.8) is 0 Å². The average molecular weight is 362 g/mol. The molecule has 0 aliphatic carbocycles. The van der Waals surface area contributed by atoms with Crippen molar-refractivity contribution in [1.82, 2.24) is 9.78 Å². The summed E-state index contributed by atoms with van der Waals surface area (Å²) in [5, 5.41) is 17.0. The van der Waals surface area contributed by atoms with Crippen LogP contribution >= 0.6 is 11.6 Å². The number of carbonyl (C=O) groups excluding carboxylic acids is 1. The lowest BCUT2D eigenvalue weighted by atomic mass is 10.1. The highest BCUT2D eigenvalue weighted by atomic mass is 35.5. The molecule has 3 aromatic rings. The molecule has 0 saturated carbocycles. The molecule has 7 nitrogen and oxygen atoms in total. The predicted octanol–water partition coefficient (Wildman–Crippen LogP) is 2.50. The fourth-order valence-electron chi connectivity index (χ4n) is 2.62. The van der Waals surface area contributed by atoms with Crippen LogP contribution in [0.4, 0.5) is 5.69 Å². The van der Waals surface area contributed by atoms with Gasteiger partial charge in [-0.3, -0.25) is 9.48 Å². The summed E-state index contributed by atoms with van der Waals surface area (Å²) in [4.78, 5) is 24.7. The van der Waals surface area contributed by atoms with E-state index in [4.69, 9.17) is 21.1 Å². The Balaban J connectivity index is 1.98. The van der Waals surface area contributed by atoms with E-state index in [0.717, 1.165) is 0 Å². The smallest absolute Gasteiger partial charge is 0.349 e. The van der Waals surface area contributed by atoms with E-state index in [0.29, 0.717) is 39.6 Å². The zero-order chi connectivity index (χ0) is 18.1. The van der Waals surface area contributed by atoms with E-state index in [2.05, 4.69) is 10.4 Å². The van der Waals surface area contributed by atoms with Gasteiger partial charge in [0.05, 0.1) is 30.2 Å². The zero-order valence-corrected chi connectivity index (χ0v) is 14.4. The van der Waals surface area contributed by atoms with Gasteiger partial charge >= 0.3 is 5.63 Å². The number of nitrogens with zero attached hydrogens (tertiary/aromatic N) is 2. The average Bonchev–Trinajstić information content (AvgIpc) is 2.82. The first-order valence-electron chi connectivity index (χ1n) is 7.60. The fraction of sp³-hybridized carbons (Fsp3) is 0.235. The Hall–Kier alpha value is -2.64. The third-order valence-corrected chi connectivity index (χ3v) is 4.11. The highest BCUT2D eigenvalue weighted by molar-refractivity contribution is 6.31. The highest BCUT2D eigenvalue weighted by Gasteiger charge is 2.18. The van der Waals surface area contributed by atoms with Gasteiger partial charge in [-0.05, 0) is 38.1 Å². The van der Waals surface area contributed by atoms with Crippen molar-refractivity contribution in [2.45, 2.75) is 20.4 Å². The van der Waals surface area contributed by atoms with Gasteiger partial charge in [0.25, 0.3) is 5.91 Å². The quantitative estimate of drug-likeness (QED) is 0.696. The number of carbonyl (C=O) groups is 1. The number of amides is 1. The van der Waals surface area contributed by atoms with Gasteiger partial charge in [0.2, 0.25) is 0 Å². The van der Waals surface area contributed by atoms with E-state index >= 15 is 0 Å². The van der Waals surface area contributed by atoms with E-state index in [9.17, 15) is 9.59 Å². The molecule has 1 aromatic carbocycles. The van der Waals surface area contributed by atoms with Crippen molar-refractivity contribution >= 4 is 34.2 Å². The summed E-state index contributed by atoms with van der Waals surface area (Å²) in [6, 6.07) is 6.25. The number of rotatable bonds is 4. The molecule has 1 amide bonds. The van der Waals surface area contributed by atoms with Gasteiger partial charge in [-0.15, -0.1) is 0 Å². The maximum absolute atomic E-state index is 12.5. The van der Waals surface area contributed by atoms with Crippen molar-refractivity contribution in [2.75, 3.05) is 11.9 Å². The number of anilines is 1. The van der Waals surface area contributed by atoms with Gasteiger partial charge in [-0.1, -0.05) is 11.6 Å². The van der Waals surface area contributed by atoms with Gasteiger partial charge in [-0.25, -0.2) is 4.79 Å². The molecule has 2 N–H and O–H groups in total. The number of aliphatic hydroxyl groups is 1. The molecule has 130 valence electrons. The van der Waals surface area contributed by atoms with Crippen LogP contribution < -0.4 is 10.9 Å². The number of hydrogen-bond acceptors (Lipinski definition) is 5. The molecule has 0 spiro atoms. The van der Waals surface area contributed by atoms with Crippen molar-refractivity contribution in [3.8, 4) is 0 Å². The molecule has 3 rings (SSSR count). The molecule has 0 unspecified atom stereocenters. The first kappa shape index (κ1) is 17.2. The lowest BCUT2D eigenvalue weighted by Crippen LogP contribution is -2.21. The van der Waals surface area contributed by atoms with Crippen LogP contribution in [0.5, 0.6) is 0 Å². The summed E-state index contributed by atoms with van der Waals surface area (Å²) in [5.74, 6) is -0.592. The van der Waals surface area contributed by atoms with Gasteiger partial charge in [0, 0.05) is 10.4 Å². The number of nitrogens with one attached hydrogen (secondary N) is 1. The summed E-state index contributed by atoms with van der Waals surface area (Å²) >= 11 is 5.94. The summed E-state index contributed by atoms with van der Waals surface area (Å²) < 4.78 is 6.77. The number of aryl methyl sites for hydroxylation is 1. The largest absolute Gasteiger partial charge is 0.422 e. The van der Waals surface area contributed by atoms with Crippen LogP contribution in [0.2, 0.25) is 5.02 Å². The molecule has 2 heterocycles. The Morgan fingerprint density at radius 3 is 2.84 bits per heavy atom. The number of benzene rings is 1. The number of hydrogen-bond donors (Lipinski definition) is 2. The SMILES string of the molecule is Cc1nn(CCO)c(C)c1NC(=O)c1cc2cc(Cl)ccc2oc1=O. The minimum Gasteiger partial charge on any atom is -0.422 e. The Morgan fingerprint density at radius 2 is 2.12 bits per heavy atom.